The minimum atomic E-state index is -1.40. The number of hydrogen-bond donors (Lipinski definition) is 2. The van der Waals surface area contributed by atoms with Gasteiger partial charge in [-0.05, 0) is 38.5 Å². The van der Waals surface area contributed by atoms with E-state index in [9.17, 15) is 0 Å². The van der Waals surface area contributed by atoms with Crippen LogP contribution in [0.1, 0.15) is 33.1 Å². The maximum atomic E-state index is 5.70. The van der Waals surface area contributed by atoms with Crippen LogP contribution in [0.3, 0.4) is 0 Å². The number of nitrogens with two attached hydrogens (primary N) is 2. The molecule has 2 fully saturated rings. The summed E-state index contributed by atoms with van der Waals surface area (Å²) >= 11 is 0. The van der Waals surface area contributed by atoms with E-state index >= 15 is 0 Å². The first-order valence-corrected chi connectivity index (χ1v) is 5.43. The van der Waals surface area contributed by atoms with Crippen LogP contribution in [0.15, 0.2) is 0 Å². The molecule has 1 aliphatic heterocycles. The number of ether oxygens (including phenoxy) is 2. The van der Waals surface area contributed by atoms with Crippen LogP contribution in [0.5, 0.6) is 0 Å². The number of rotatable bonds is 0. The normalized spacial score (nSPS) is 47.1. The van der Waals surface area contributed by atoms with Crippen molar-refractivity contribution in [3.05, 3.63) is 0 Å². The van der Waals surface area contributed by atoms with Crippen molar-refractivity contribution >= 4 is 0 Å². The first-order chi connectivity index (χ1) is 6.49. The van der Waals surface area contributed by atoms with Crippen LogP contribution in [0.4, 0.5) is 0 Å². The molecular formula is C10H20N2O2. The van der Waals surface area contributed by atoms with Crippen molar-refractivity contribution in [1.29, 1.82) is 0 Å². The van der Waals surface area contributed by atoms with Gasteiger partial charge in [-0.2, -0.15) is 0 Å². The van der Waals surface area contributed by atoms with Crippen LogP contribution < -0.4 is 11.5 Å². The highest BCUT2D eigenvalue weighted by Crippen LogP contribution is 2.41. The van der Waals surface area contributed by atoms with E-state index in [1.807, 2.05) is 13.8 Å². The predicted octanol–water partition coefficient (Wildman–Crippen LogP) is 0.755. The zero-order chi connectivity index (χ0) is 10.3. The molecule has 0 radical (unpaired) electrons. The van der Waals surface area contributed by atoms with Gasteiger partial charge in [0, 0.05) is 0 Å². The van der Waals surface area contributed by atoms with E-state index in [1.54, 1.807) is 0 Å². The molecule has 1 saturated carbocycles. The molecular weight excluding hydrogens is 180 g/mol. The average Bonchev–Trinajstić information content (AvgIpc) is 2.45. The minimum Gasteiger partial charge on any atom is -0.322 e. The van der Waals surface area contributed by atoms with Crippen LogP contribution in [0, 0.1) is 11.8 Å². The van der Waals surface area contributed by atoms with Crippen molar-refractivity contribution in [1.82, 2.24) is 0 Å². The third-order valence-electron chi connectivity index (χ3n) is 3.57. The molecule has 0 aromatic rings. The third-order valence-corrected chi connectivity index (χ3v) is 3.57. The zero-order valence-corrected chi connectivity index (χ0v) is 8.90. The molecule has 14 heavy (non-hydrogen) atoms. The Balaban J connectivity index is 2.17. The second-order valence-electron chi connectivity index (χ2n) is 4.63. The molecule has 4 nitrogen and oxygen atoms in total. The minimum absolute atomic E-state index is 0.0995. The number of fused-ring (bicyclic) bond motifs is 1. The SMILES string of the molecule is C[C@@H]1OC(N)(N)O[C@H](C)C2CCCC21. The van der Waals surface area contributed by atoms with E-state index in [1.165, 1.54) is 19.3 Å². The van der Waals surface area contributed by atoms with Gasteiger partial charge in [0.2, 0.25) is 0 Å². The molecule has 2 unspecified atom stereocenters. The highest BCUT2D eigenvalue weighted by molar-refractivity contribution is 4.88. The summed E-state index contributed by atoms with van der Waals surface area (Å²) in [6.45, 7) is 4.08. The molecule has 1 heterocycles. The molecule has 82 valence electrons. The lowest BCUT2D eigenvalue weighted by molar-refractivity contribution is -0.256. The second-order valence-corrected chi connectivity index (χ2v) is 4.63. The summed E-state index contributed by atoms with van der Waals surface area (Å²) in [7, 11) is 0. The van der Waals surface area contributed by atoms with Gasteiger partial charge < -0.3 is 9.47 Å². The molecule has 0 aromatic carbocycles. The fourth-order valence-electron chi connectivity index (χ4n) is 2.97. The first kappa shape index (κ1) is 10.4. The average molecular weight is 200 g/mol. The summed E-state index contributed by atoms with van der Waals surface area (Å²) in [4.78, 5) is 0. The molecule has 2 rings (SSSR count). The van der Waals surface area contributed by atoms with Gasteiger partial charge in [0.15, 0.2) is 0 Å². The summed E-state index contributed by atoms with van der Waals surface area (Å²) < 4.78 is 11.0. The van der Waals surface area contributed by atoms with Crippen LogP contribution in [-0.2, 0) is 9.47 Å². The maximum Gasteiger partial charge on any atom is 0.287 e. The molecule has 0 amide bonds. The van der Waals surface area contributed by atoms with Crippen molar-refractivity contribution in [2.45, 2.75) is 51.4 Å². The fourth-order valence-corrected chi connectivity index (χ4v) is 2.97. The van der Waals surface area contributed by atoms with Gasteiger partial charge in [0.05, 0.1) is 12.2 Å². The summed E-state index contributed by atoms with van der Waals surface area (Å²) in [5.74, 6) is 1.11. The lowest BCUT2D eigenvalue weighted by Gasteiger charge is -2.27. The Hall–Kier alpha value is -0.160. The Morgan fingerprint density at radius 3 is 1.86 bits per heavy atom. The van der Waals surface area contributed by atoms with Gasteiger partial charge in [0.25, 0.3) is 6.03 Å². The van der Waals surface area contributed by atoms with E-state index in [4.69, 9.17) is 20.9 Å². The topological polar surface area (TPSA) is 70.5 Å². The van der Waals surface area contributed by atoms with Crippen molar-refractivity contribution in [2.75, 3.05) is 0 Å². The van der Waals surface area contributed by atoms with Gasteiger partial charge >= 0.3 is 0 Å². The molecule has 4 heteroatoms. The highest BCUT2D eigenvalue weighted by atomic mass is 16.7. The molecule has 1 aliphatic carbocycles. The monoisotopic (exact) mass is 200 g/mol. The van der Waals surface area contributed by atoms with Gasteiger partial charge in [-0.25, -0.2) is 0 Å². The van der Waals surface area contributed by atoms with Crippen LogP contribution >= 0.6 is 0 Å². The standard InChI is InChI=1S/C10H20N2O2/c1-6-8-4-3-5-9(8)7(2)14-10(11,12)13-6/h6-9H,3-5,11-12H2,1-2H3/t6-,7+,8?,9?. The van der Waals surface area contributed by atoms with Gasteiger partial charge in [0.1, 0.15) is 0 Å². The Morgan fingerprint density at radius 1 is 1.00 bits per heavy atom. The Kier molecular flexibility index (Phi) is 2.55. The zero-order valence-electron chi connectivity index (χ0n) is 8.90. The van der Waals surface area contributed by atoms with Crippen molar-refractivity contribution in [2.24, 2.45) is 23.3 Å². The van der Waals surface area contributed by atoms with Crippen LogP contribution in [0.2, 0.25) is 0 Å². The molecule has 0 aromatic heterocycles. The van der Waals surface area contributed by atoms with E-state index in [2.05, 4.69) is 0 Å². The van der Waals surface area contributed by atoms with Gasteiger partial charge in [-0.1, -0.05) is 6.42 Å². The fraction of sp³-hybridized carbons (Fsp3) is 1.00. The van der Waals surface area contributed by atoms with Crippen LogP contribution in [0.25, 0.3) is 0 Å². The highest BCUT2D eigenvalue weighted by Gasteiger charge is 2.43. The molecule has 2 aliphatic rings. The lowest BCUT2D eigenvalue weighted by Crippen LogP contribution is -2.56. The van der Waals surface area contributed by atoms with Crippen molar-refractivity contribution in [3.63, 3.8) is 0 Å². The summed E-state index contributed by atoms with van der Waals surface area (Å²) in [6, 6.07) is -1.40. The maximum absolute atomic E-state index is 5.70. The molecule has 1 saturated heterocycles. The van der Waals surface area contributed by atoms with E-state index in [0.29, 0.717) is 11.8 Å². The largest absolute Gasteiger partial charge is 0.322 e. The third kappa shape index (κ3) is 1.80. The summed E-state index contributed by atoms with van der Waals surface area (Å²) in [5, 5.41) is 0. The molecule has 4 N–H and O–H groups in total. The first-order valence-electron chi connectivity index (χ1n) is 5.43. The quantitative estimate of drug-likeness (QED) is 0.566. The molecule has 0 bridgehead atoms. The second kappa shape index (κ2) is 3.45. The number of hydrogen-bond acceptors (Lipinski definition) is 4. The Labute approximate surface area is 84.9 Å². The predicted molar refractivity (Wildman–Crippen MR) is 53.0 cm³/mol. The van der Waals surface area contributed by atoms with Gasteiger partial charge in [-0.3, -0.25) is 11.5 Å². The lowest BCUT2D eigenvalue weighted by atomic mass is 9.88. The summed E-state index contributed by atoms with van der Waals surface area (Å²) in [5.41, 5.74) is 11.4. The molecule has 4 atom stereocenters. The van der Waals surface area contributed by atoms with E-state index in [-0.39, 0.29) is 12.2 Å². The Bertz CT molecular complexity index is 200. The van der Waals surface area contributed by atoms with E-state index in [0.717, 1.165) is 0 Å². The van der Waals surface area contributed by atoms with Crippen LogP contribution in [-0.4, -0.2) is 18.2 Å². The smallest absolute Gasteiger partial charge is 0.287 e. The Morgan fingerprint density at radius 2 is 1.43 bits per heavy atom. The van der Waals surface area contributed by atoms with Gasteiger partial charge in [-0.15, -0.1) is 0 Å². The summed E-state index contributed by atoms with van der Waals surface area (Å²) in [6.07, 6.45) is 3.87. The van der Waals surface area contributed by atoms with Crippen molar-refractivity contribution in [3.8, 4) is 0 Å². The van der Waals surface area contributed by atoms with Crippen molar-refractivity contribution < 1.29 is 9.47 Å². The van der Waals surface area contributed by atoms with E-state index < -0.39 is 6.03 Å². The molecule has 0 spiro atoms.